The summed E-state index contributed by atoms with van der Waals surface area (Å²) < 4.78 is 0. The van der Waals surface area contributed by atoms with Crippen LogP contribution in [0.25, 0.3) is 11.3 Å². The number of pyridine rings is 1. The van der Waals surface area contributed by atoms with Crippen LogP contribution in [0.1, 0.15) is 21.6 Å². The molecule has 0 atom stereocenters. The zero-order valence-electron chi connectivity index (χ0n) is 16.4. The Bertz CT molecular complexity index is 1160. The molecule has 11 nitrogen and oxygen atoms in total. The molecule has 3 rings (SSSR count). The number of hydrogen-bond donors (Lipinski definition) is 3. The van der Waals surface area contributed by atoms with Gasteiger partial charge in [-0.3, -0.25) is 10.1 Å². The molecular weight excluding hydrogens is 402 g/mol. The predicted octanol–water partition coefficient (Wildman–Crippen LogP) is 2.85. The van der Waals surface area contributed by atoms with E-state index in [2.05, 4.69) is 25.6 Å². The first-order chi connectivity index (χ1) is 14.9. The summed E-state index contributed by atoms with van der Waals surface area (Å²) in [6.45, 7) is 2.39. The van der Waals surface area contributed by atoms with E-state index in [1.54, 1.807) is 31.2 Å². The van der Waals surface area contributed by atoms with E-state index in [9.17, 15) is 20.0 Å². The van der Waals surface area contributed by atoms with Crippen LogP contribution in [0.5, 0.6) is 0 Å². The third-order valence-corrected chi connectivity index (χ3v) is 4.26. The molecule has 0 unspecified atom stereocenters. The maximum atomic E-state index is 11.7. The number of nitrogens with one attached hydrogen (secondary N) is 2. The van der Waals surface area contributed by atoms with Crippen LogP contribution in [-0.4, -0.2) is 44.0 Å². The molecule has 2 aromatic heterocycles. The number of nitriles is 1. The van der Waals surface area contributed by atoms with Crippen molar-refractivity contribution in [2.24, 2.45) is 0 Å². The molecule has 0 saturated carbocycles. The van der Waals surface area contributed by atoms with E-state index in [-0.39, 0.29) is 22.9 Å². The molecule has 31 heavy (non-hydrogen) atoms. The van der Waals surface area contributed by atoms with Crippen molar-refractivity contribution in [2.75, 3.05) is 23.7 Å². The molecule has 3 aromatic rings. The molecule has 0 aliphatic rings. The molecule has 3 N–H and O–H groups in total. The Morgan fingerprint density at radius 3 is 2.45 bits per heavy atom. The van der Waals surface area contributed by atoms with Crippen molar-refractivity contribution in [2.45, 2.75) is 6.92 Å². The van der Waals surface area contributed by atoms with Crippen molar-refractivity contribution >= 4 is 23.4 Å². The number of carbonyl (C=O) groups is 1. The summed E-state index contributed by atoms with van der Waals surface area (Å²) >= 11 is 0. The van der Waals surface area contributed by atoms with Gasteiger partial charge in [0.15, 0.2) is 0 Å². The maximum absolute atomic E-state index is 11.7. The van der Waals surface area contributed by atoms with Crippen LogP contribution < -0.4 is 10.6 Å². The number of rotatable bonds is 8. The first-order valence-electron chi connectivity index (χ1n) is 9.09. The summed E-state index contributed by atoms with van der Waals surface area (Å²) in [5.74, 6) is -0.418. The lowest BCUT2D eigenvalue weighted by Crippen LogP contribution is -2.17. The number of nitro groups is 1. The fourth-order valence-electron chi connectivity index (χ4n) is 2.78. The minimum atomic E-state index is -1.14. The molecule has 0 aliphatic carbocycles. The average molecular weight is 419 g/mol. The highest BCUT2D eigenvalue weighted by Crippen LogP contribution is 2.25. The number of benzene rings is 1. The van der Waals surface area contributed by atoms with E-state index >= 15 is 0 Å². The van der Waals surface area contributed by atoms with Crippen molar-refractivity contribution in [3.8, 4) is 17.3 Å². The summed E-state index contributed by atoms with van der Waals surface area (Å²) in [6, 6.07) is 11.3. The minimum absolute atomic E-state index is 0.0107. The number of carboxylic acids is 1. The van der Waals surface area contributed by atoms with Gasteiger partial charge in [0, 0.05) is 24.7 Å². The third kappa shape index (κ3) is 5.07. The lowest BCUT2D eigenvalue weighted by atomic mass is 10.0. The molecule has 156 valence electrons. The Balaban J connectivity index is 1.72. The molecule has 0 aliphatic heterocycles. The smallest absolute Gasteiger partial charge is 0.339 e. The number of aryl methyl sites for hydroxylation is 1. The summed E-state index contributed by atoms with van der Waals surface area (Å²) in [7, 11) is 0. The minimum Gasteiger partial charge on any atom is -0.478 e. The van der Waals surface area contributed by atoms with Gasteiger partial charge in [-0.25, -0.2) is 19.7 Å². The van der Waals surface area contributed by atoms with E-state index in [0.29, 0.717) is 35.7 Å². The third-order valence-electron chi connectivity index (χ3n) is 4.26. The number of hydrogen-bond acceptors (Lipinski definition) is 9. The maximum Gasteiger partial charge on any atom is 0.339 e. The largest absolute Gasteiger partial charge is 0.478 e. The highest BCUT2D eigenvalue weighted by molar-refractivity contribution is 5.96. The van der Waals surface area contributed by atoms with Crippen molar-refractivity contribution in [3.05, 3.63) is 69.5 Å². The lowest BCUT2D eigenvalue weighted by molar-refractivity contribution is -0.385. The Morgan fingerprint density at radius 2 is 1.87 bits per heavy atom. The number of carboxylic acid groups (broad SMARTS) is 1. The van der Waals surface area contributed by atoms with Crippen LogP contribution in [0.3, 0.4) is 0 Å². The highest BCUT2D eigenvalue weighted by Gasteiger charge is 2.19. The SMILES string of the molecule is Cc1nc(NCCNc2ccc([N+](=O)[O-])cn2)nc(-c2ccc(C#N)cc2)c1C(=O)O. The van der Waals surface area contributed by atoms with E-state index in [4.69, 9.17) is 5.26 Å². The zero-order valence-corrected chi connectivity index (χ0v) is 16.4. The average Bonchev–Trinajstić information content (AvgIpc) is 2.76. The number of anilines is 2. The quantitative estimate of drug-likeness (QED) is 0.280. The van der Waals surface area contributed by atoms with Crippen LogP contribution >= 0.6 is 0 Å². The van der Waals surface area contributed by atoms with Crippen LogP contribution in [0, 0.1) is 28.4 Å². The van der Waals surface area contributed by atoms with Gasteiger partial charge in [-0.05, 0) is 25.1 Å². The molecule has 1 aromatic carbocycles. The fraction of sp³-hybridized carbons (Fsp3) is 0.150. The van der Waals surface area contributed by atoms with Gasteiger partial charge in [-0.2, -0.15) is 5.26 Å². The van der Waals surface area contributed by atoms with E-state index in [1.807, 2.05) is 6.07 Å². The van der Waals surface area contributed by atoms with Gasteiger partial charge < -0.3 is 15.7 Å². The van der Waals surface area contributed by atoms with Gasteiger partial charge >= 0.3 is 5.97 Å². The molecule has 0 bridgehead atoms. The molecule has 11 heteroatoms. The van der Waals surface area contributed by atoms with Gasteiger partial charge in [0.1, 0.15) is 17.6 Å². The van der Waals surface area contributed by atoms with Crippen LogP contribution in [0.4, 0.5) is 17.5 Å². The molecule has 0 amide bonds. The van der Waals surface area contributed by atoms with E-state index in [1.165, 1.54) is 12.1 Å². The van der Waals surface area contributed by atoms with Crippen LogP contribution in [-0.2, 0) is 0 Å². The van der Waals surface area contributed by atoms with E-state index in [0.717, 1.165) is 6.20 Å². The van der Waals surface area contributed by atoms with Gasteiger partial charge in [0.2, 0.25) is 5.95 Å². The first kappa shape index (κ1) is 21.1. The first-order valence-corrected chi connectivity index (χ1v) is 9.09. The molecule has 0 spiro atoms. The molecular formula is C20H17N7O4. The zero-order chi connectivity index (χ0) is 22.4. The fourth-order valence-corrected chi connectivity index (χ4v) is 2.78. The van der Waals surface area contributed by atoms with E-state index < -0.39 is 10.9 Å². The van der Waals surface area contributed by atoms with Crippen molar-refractivity contribution in [1.82, 2.24) is 15.0 Å². The van der Waals surface area contributed by atoms with Crippen molar-refractivity contribution in [3.63, 3.8) is 0 Å². The second-order valence-corrected chi connectivity index (χ2v) is 6.36. The Hall–Kier alpha value is -4.59. The standard InChI is InChI=1S/C20H17N7O4/c1-12-17(19(28)29)18(14-4-2-13(10-21)3-5-14)26-20(25-12)23-9-8-22-16-7-6-15(11-24-16)27(30)31/h2-7,11H,8-9H2,1H3,(H,22,24)(H,28,29)(H,23,25,26). The monoisotopic (exact) mass is 419 g/mol. The van der Waals surface area contributed by atoms with Gasteiger partial charge in [-0.1, -0.05) is 12.1 Å². The number of aromatic carboxylic acids is 1. The summed E-state index contributed by atoms with van der Waals surface area (Å²) in [5.41, 5.74) is 1.45. The Kier molecular flexibility index (Phi) is 6.32. The second kappa shape index (κ2) is 9.27. The van der Waals surface area contributed by atoms with Crippen LogP contribution in [0.2, 0.25) is 0 Å². The molecule has 0 saturated heterocycles. The topological polar surface area (TPSA) is 167 Å². The van der Waals surface area contributed by atoms with Gasteiger partial charge in [0.25, 0.3) is 5.69 Å². The van der Waals surface area contributed by atoms with Crippen LogP contribution in [0.15, 0.2) is 42.6 Å². The Labute approximate surface area is 176 Å². The number of aromatic nitrogens is 3. The van der Waals surface area contributed by atoms with Gasteiger partial charge in [-0.15, -0.1) is 0 Å². The Morgan fingerprint density at radius 1 is 1.16 bits per heavy atom. The lowest BCUT2D eigenvalue weighted by Gasteiger charge is -2.12. The molecule has 0 radical (unpaired) electrons. The van der Waals surface area contributed by atoms with Crippen molar-refractivity contribution in [1.29, 1.82) is 5.26 Å². The van der Waals surface area contributed by atoms with Crippen molar-refractivity contribution < 1.29 is 14.8 Å². The summed E-state index contributed by atoms with van der Waals surface area (Å²) in [4.78, 5) is 34.4. The second-order valence-electron chi connectivity index (χ2n) is 6.36. The normalized spacial score (nSPS) is 10.2. The number of nitrogens with zero attached hydrogens (tertiary/aromatic N) is 5. The molecule has 2 heterocycles. The highest BCUT2D eigenvalue weighted by atomic mass is 16.6. The van der Waals surface area contributed by atoms with Gasteiger partial charge in [0.05, 0.1) is 27.9 Å². The molecule has 0 fully saturated rings. The summed E-state index contributed by atoms with van der Waals surface area (Å²) in [6.07, 6.45) is 1.16. The predicted molar refractivity (Wildman–Crippen MR) is 112 cm³/mol. The summed E-state index contributed by atoms with van der Waals surface area (Å²) in [5, 5.41) is 35.2.